The molecule has 3 N–H and O–H groups in total. The number of amides is 3. The zero-order valence-corrected chi connectivity index (χ0v) is 13.1. The third-order valence-electron chi connectivity index (χ3n) is 3.46. The molecule has 0 aliphatic carbocycles. The average molecular weight is 305 g/mol. The summed E-state index contributed by atoms with van der Waals surface area (Å²) in [5, 5.41) is 2.90. The number of nitrogens with one attached hydrogen (secondary N) is 1. The summed E-state index contributed by atoms with van der Waals surface area (Å²) < 4.78 is 5.70. The Morgan fingerprint density at radius 1 is 1.41 bits per heavy atom. The molecule has 0 atom stereocenters. The number of rotatable bonds is 4. The molecule has 6 nitrogen and oxygen atoms in total. The van der Waals surface area contributed by atoms with Gasteiger partial charge in [-0.05, 0) is 31.9 Å². The van der Waals surface area contributed by atoms with Gasteiger partial charge in [0, 0.05) is 18.0 Å². The fourth-order valence-electron chi connectivity index (χ4n) is 2.38. The number of urea groups is 1. The fourth-order valence-corrected chi connectivity index (χ4v) is 2.38. The number of nitrogens with two attached hydrogens (primary N) is 1. The largest absolute Gasteiger partial charge is 0.491 e. The maximum absolute atomic E-state index is 12.2. The van der Waals surface area contributed by atoms with Crippen molar-refractivity contribution in [3.05, 3.63) is 29.3 Å². The van der Waals surface area contributed by atoms with Crippen molar-refractivity contribution in [2.24, 2.45) is 5.73 Å². The van der Waals surface area contributed by atoms with Crippen LogP contribution in [0.25, 0.3) is 0 Å². The zero-order chi connectivity index (χ0) is 16.1. The number of primary amides is 1. The second-order valence-electron chi connectivity index (χ2n) is 5.78. The molecular formula is C16H23N3O3. The van der Waals surface area contributed by atoms with E-state index >= 15 is 0 Å². The van der Waals surface area contributed by atoms with Gasteiger partial charge in [0.1, 0.15) is 12.4 Å². The molecule has 1 heterocycles. The highest BCUT2D eigenvalue weighted by atomic mass is 16.5. The van der Waals surface area contributed by atoms with Gasteiger partial charge in [0.25, 0.3) is 0 Å². The minimum Gasteiger partial charge on any atom is -0.491 e. The first kappa shape index (κ1) is 16.1. The molecule has 1 aliphatic heterocycles. The molecule has 2 rings (SSSR count). The first-order chi connectivity index (χ1) is 10.5. The molecule has 120 valence electrons. The number of carbonyl (C=O) groups is 2. The highest BCUT2D eigenvalue weighted by Crippen LogP contribution is 2.25. The van der Waals surface area contributed by atoms with E-state index in [1.165, 1.54) is 0 Å². The van der Waals surface area contributed by atoms with Crippen molar-refractivity contribution in [3.8, 4) is 5.75 Å². The number of carbonyl (C=O) groups excluding carboxylic acids is 2. The van der Waals surface area contributed by atoms with Gasteiger partial charge in [-0.25, -0.2) is 4.79 Å². The summed E-state index contributed by atoms with van der Waals surface area (Å²) in [6.45, 7) is 5.38. The lowest BCUT2D eigenvalue weighted by atomic mass is 10.0. The number of nitrogens with zero attached hydrogens (tertiary/aromatic N) is 1. The third kappa shape index (κ3) is 4.38. The Kier molecular flexibility index (Phi) is 5.25. The molecular weight excluding hydrogens is 282 g/mol. The Balaban J connectivity index is 2.12. The monoisotopic (exact) mass is 305 g/mol. The van der Waals surface area contributed by atoms with Crippen LogP contribution in [0.2, 0.25) is 0 Å². The Morgan fingerprint density at radius 2 is 2.18 bits per heavy atom. The molecule has 1 aromatic carbocycles. The van der Waals surface area contributed by atoms with Crippen molar-refractivity contribution in [3.63, 3.8) is 0 Å². The summed E-state index contributed by atoms with van der Waals surface area (Å²) in [4.78, 5) is 24.8. The van der Waals surface area contributed by atoms with Gasteiger partial charge < -0.3 is 20.7 Å². The van der Waals surface area contributed by atoms with Crippen LogP contribution in [0, 0.1) is 0 Å². The van der Waals surface area contributed by atoms with Gasteiger partial charge >= 0.3 is 6.03 Å². The molecule has 0 unspecified atom stereocenters. The average Bonchev–Trinajstić information content (AvgIpc) is 2.66. The van der Waals surface area contributed by atoms with Crippen LogP contribution in [0.5, 0.6) is 5.75 Å². The predicted octanol–water partition coefficient (Wildman–Crippen LogP) is 1.42. The second-order valence-corrected chi connectivity index (χ2v) is 5.78. The van der Waals surface area contributed by atoms with Crippen molar-refractivity contribution < 1.29 is 14.3 Å². The fraction of sp³-hybridized carbons (Fsp3) is 0.500. The smallest absolute Gasteiger partial charge is 0.318 e. The highest BCUT2D eigenvalue weighted by Gasteiger charge is 2.20. The molecule has 0 saturated carbocycles. The van der Waals surface area contributed by atoms with Crippen LogP contribution in [-0.4, -0.2) is 36.0 Å². The first-order valence-corrected chi connectivity index (χ1v) is 7.54. The van der Waals surface area contributed by atoms with E-state index in [1.807, 2.05) is 32.0 Å². The van der Waals surface area contributed by atoms with Gasteiger partial charge in [0.15, 0.2) is 0 Å². The van der Waals surface area contributed by atoms with E-state index in [2.05, 4.69) is 5.32 Å². The van der Waals surface area contributed by atoms with Crippen LogP contribution in [0.15, 0.2) is 18.2 Å². The molecule has 6 heteroatoms. The van der Waals surface area contributed by atoms with Crippen LogP contribution < -0.4 is 15.8 Å². The van der Waals surface area contributed by atoms with E-state index in [0.717, 1.165) is 16.9 Å². The van der Waals surface area contributed by atoms with Crippen molar-refractivity contribution in [1.29, 1.82) is 0 Å². The molecule has 3 amide bonds. The predicted molar refractivity (Wildman–Crippen MR) is 83.5 cm³/mol. The summed E-state index contributed by atoms with van der Waals surface area (Å²) in [6.07, 6.45) is 0.915. The Labute approximate surface area is 130 Å². The first-order valence-electron chi connectivity index (χ1n) is 7.54. The van der Waals surface area contributed by atoms with E-state index in [0.29, 0.717) is 32.5 Å². The van der Waals surface area contributed by atoms with Crippen molar-refractivity contribution >= 4 is 11.9 Å². The lowest BCUT2D eigenvalue weighted by Crippen LogP contribution is -2.43. The number of fused-ring (bicyclic) bond motifs is 1. The molecule has 0 radical (unpaired) electrons. The normalized spacial score (nSPS) is 14.0. The number of hydrogen-bond donors (Lipinski definition) is 2. The third-order valence-corrected chi connectivity index (χ3v) is 3.46. The van der Waals surface area contributed by atoms with Crippen LogP contribution >= 0.6 is 0 Å². The number of benzene rings is 1. The standard InChI is InChI=1S/C16H23N3O3/c1-11(2)18-16(21)19-7-8-22-14-5-3-12(4-6-15(17)20)9-13(14)10-19/h3,5,9,11H,4,6-8,10H2,1-2H3,(H2,17,20)(H,18,21). The molecule has 0 aromatic heterocycles. The van der Waals surface area contributed by atoms with Crippen molar-refractivity contribution in [2.75, 3.05) is 13.2 Å². The molecule has 22 heavy (non-hydrogen) atoms. The zero-order valence-electron chi connectivity index (χ0n) is 13.1. The van der Waals surface area contributed by atoms with Gasteiger partial charge in [-0.2, -0.15) is 0 Å². The second kappa shape index (κ2) is 7.15. The lowest BCUT2D eigenvalue weighted by molar-refractivity contribution is -0.117. The molecule has 0 spiro atoms. The van der Waals surface area contributed by atoms with E-state index < -0.39 is 0 Å². The van der Waals surface area contributed by atoms with E-state index in [1.54, 1.807) is 4.90 Å². The summed E-state index contributed by atoms with van der Waals surface area (Å²) in [7, 11) is 0. The Bertz CT molecular complexity index is 558. The number of ether oxygens (including phenoxy) is 1. The van der Waals surface area contributed by atoms with Crippen LogP contribution in [0.3, 0.4) is 0 Å². The Hall–Kier alpha value is -2.24. The van der Waals surface area contributed by atoms with Gasteiger partial charge in [-0.15, -0.1) is 0 Å². The van der Waals surface area contributed by atoms with Gasteiger partial charge in [-0.1, -0.05) is 12.1 Å². The number of aryl methyl sites for hydroxylation is 1. The quantitative estimate of drug-likeness (QED) is 0.882. The SMILES string of the molecule is CC(C)NC(=O)N1CCOc2ccc(CCC(N)=O)cc2C1. The summed E-state index contributed by atoms with van der Waals surface area (Å²) in [5.41, 5.74) is 7.16. The van der Waals surface area contributed by atoms with E-state index in [4.69, 9.17) is 10.5 Å². The Morgan fingerprint density at radius 3 is 2.86 bits per heavy atom. The molecule has 0 fully saturated rings. The highest BCUT2D eigenvalue weighted by molar-refractivity contribution is 5.75. The summed E-state index contributed by atoms with van der Waals surface area (Å²) in [5.74, 6) is 0.479. The van der Waals surface area contributed by atoms with Gasteiger partial charge in [0.2, 0.25) is 5.91 Å². The minimum absolute atomic E-state index is 0.0889. The maximum Gasteiger partial charge on any atom is 0.318 e. The van der Waals surface area contributed by atoms with Crippen LogP contribution in [0.1, 0.15) is 31.4 Å². The van der Waals surface area contributed by atoms with E-state index in [9.17, 15) is 9.59 Å². The van der Waals surface area contributed by atoms with Crippen molar-refractivity contribution in [1.82, 2.24) is 10.2 Å². The van der Waals surface area contributed by atoms with Crippen LogP contribution in [-0.2, 0) is 17.8 Å². The summed E-state index contributed by atoms with van der Waals surface area (Å²) >= 11 is 0. The van der Waals surface area contributed by atoms with E-state index in [-0.39, 0.29) is 18.0 Å². The molecule has 1 aliphatic rings. The maximum atomic E-state index is 12.2. The molecule has 0 saturated heterocycles. The molecule has 1 aromatic rings. The lowest BCUT2D eigenvalue weighted by Gasteiger charge is -2.22. The number of hydrogen-bond acceptors (Lipinski definition) is 3. The van der Waals surface area contributed by atoms with Crippen LogP contribution in [0.4, 0.5) is 4.79 Å². The molecule has 0 bridgehead atoms. The van der Waals surface area contributed by atoms with Gasteiger partial charge in [0.05, 0.1) is 13.1 Å². The van der Waals surface area contributed by atoms with Crippen molar-refractivity contribution in [2.45, 2.75) is 39.3 Å². The minimum atomic E-state index is -0.316. The topological polar surface area (TPSA) is 84.7 Å². The summed E-state index contributed by atoms with van der Waals surface area (Å²) in [6, 6.07) is 5.83. The van der Waals surface area contributed by atoms with Gasteiger partial charge in [-0.3, -0.25) is 4.79 Å².